The topological polar surface area (TPSA) is 87.6 Å². The summed E-state index contributed by atoms with van der Waals surface area (Å²) >= 11 is 11.8. The van der Waals surface area contributed by atoms with Crippen LogP contribution in [-0.2, 0) is 22.3 Å². The van der Waals surface area contributed by atoms with E-state index in [1.165, 1.54) is 12.1 Å². The maximum atomic E-state index is 13.2. The van der Waals surface area contributed by atoms with Crippen LogP contribution in [0.5, 0.6) is 0 Å². The molecule has 0 spiro atoms. The molecule has 0 unspecified atom stereocenters. The lowest BCUT2D eigenvalue weighted by Crippen LogP contribution is -2.12. The summed E-state index contributed by atoms with van der Waals surface area (Å²) in [6.07, 6.45) is -0.389. The molecule has 0 bridgehead atoms. The number of carbonyl (C=O) groups is 1. The monoisotopic (exact) mass is 404 g/mol. The van der Waals surface area contributed by atoms with Gasteiger partial charge >= 0.3 is 6.16 Å². The van der Waals surface area contributed by atoms with Crippen LogP contribution in [0.1, 0.15) is 11.1 Å². The highest BCUT2D eigenvalue weighted by molar-refractivity contribution is 6.31. The Balaban J connectivity index is 1.76. The Hall–Kier alpha value is -2.25. The molecule has 4 N–H and O–H groups in total. The first-order valence-corrected chi connectivity index (χ1v) is 8.30. The van der Waals surface area contributed by atoms with E-state index in [-0.39, 0.29) is 47.5 Å². The van der Waals surface area contributed by atoms with Gasteiger partial charge in [-0.2, -0.15) is 0 Å². The number of hydrogen-bond acceptors (Lipinski definition) is 5. The lowest BCUT2D eigenvalue weighted by molar-refractivity contribution is 0.0569. The summed E-state index contributed by atoms with van der Waals surface area (Å²) in [6.45, 7) is -0.0399. The van der Waals surface area contributed by atoms with Crippen LogP contribution >= 0.6 is 23.2 Å². The van der Waals surface area contributed by atoms with E-state index in [0.29, 0.717) is 11.1 Å². The molecule has 9 heteroatoms. The molecule has 0 saturated heterocycles. The Morgan fingerprint density at radius 3 is 1.62 bits per heavy atom. The van der Waals surface area contributed by atoms with E-state index in [4.69, 9.17) is 44.1 Å². The van der Waals surface area contributed by atoms with Crippen molar-refractivity contribution in [3.05, 3.63) is 57.1 Å². The van der Waals surface area contributed by atoms with Gasteiger partial charge in [0.15, 0.2) is 0 Å². The Labute approximate surface area is 158 Å². The number of benzene rings is 2. The lowest BCUT2D eigenvalue weighted by atomic mass is 10.1. The average Bonchev–Trinajstić information content (AvgIpc) is 2.57. The number of nitrogens with two attached hydrogens (primary N) is 2. The molecule has 2 rings (SSSR count). The maximum Gasteiger partial charge on any atom is 0.508 e. The van der Waals surface area contributed by atoms with Gasteiger partial charge in [-0.05, 0) is 35.4 Å². The van der Waals surface area contributed by atoms with Gasteiger partial charge in [0.1, 0.15) is 11.6 Å². The fourth-order valence-electron chi connectivity index (χ4n) is 2.14. The Bertz CT molecular complexity index is 754. The van der Waals surface area contributed by atoms with Gasteiger partial charge in [0.25, 0.3) is 0 Å². The van der Waals surface area contributed by atoms with Gasteiger partial charge < -0.3 is 20.9 Å². The number of halogens is 4. The summed E-state index contributed by atoms with van der Waals surface area (Å²) in [5, 5.41) is 0.384. The van der Waals surface area contributed by atoms with Crippen LogP contribution in [0.2, 0.25) is 10.0 Å². The molecular weight excluding hydrogens is 389 g/mol. The minimum absolute atomic E-state index is 0.0200. The van der Waals surface area contributed by atoms with Crippen molar-refractivity contribution in [3.63, 3.8) is 0 Å². The zero-order chi connectivity index (χ0) is 19.3. The predicted molar refractivity (Wildman–Crippen MR) is 96.4 cm³/mol. The first-order chi connectivity index (χ1) is 12.3. The van der Waals surface area contributed by atoms with Gasteiger partial charge in [0.05, 0.1) is 24.6 Å². The molecule has 0 aliphatic rings. The third-order valence-electron chi connectivity index (χ3n) is 3.51. The molecule has 0 saturated carbocycles. The van der Waals surface area contributed by atoms with Crippen LogP contribution in [0, 0.1) is 11.6 Å². The van der Waals surface area contributed by atoms with E-state index >= 15 is 0 Å². The van der Waals surface area contributed by atoms with Crippen molar-refractivity contribution in [2.75, 3.05) is 24.7 Å². The maximum absolute atomic E-state index is 13.2. The Kier molecular flexibility index (Phi) is 6.88. The quantitative estimate of drug-likeness (QED) is 0.550. The van der Waals surface area contributed by atoms with Crippen LogP contribution in [0.4, 0.5) is 25.0 Å². The van der Waals surface area contributed by atoms with Gasteiger partial charge in [-0.25, -0.2) is 13.6 Å². The molecule has 5 nitrogen and oxygen atoms in total. The van der Waals surface area contributed by atoms with Crippen molar-refractivity contribution < 1.29 is 23.0 Å². The van der Waals surface area contributed by atoms with Crippen molar-refractivity contribution in [2.45, 2.75) is 12.8 Å². The zero-order valence-corrected chi connectivity index (χ0v) is 15.0. The van der Waals surface area contributed by atoms with E-state index < -0.39 is 17.8 Å². The van der Waals surface area contributed by atoms with Gasteiger partial charge in [0.2, 0.25) is 0 Å². The van der Waals surface area contributed by atoms with E-state index in [1.807, 2.05) is 0 Å². The number of hydrogen-bond donors (Lipinski definition) is 2. The summed E-state index contributed by atoms with van der Waals surface area (Å²) < 4.78 is 36.2. The molecule has 0 radical (unpaired) electrons. The summed E-state index contributed by atoms with van der Waals surface area (Å²) in [6, 6.07) is 4.96. The molecule has 0 aliphatic heterocycles. The van der Waals surface area contributed by atoms with Gasteiger partial charge in [-0.15, -0.1) is 0 Å². The molecule has 0 heterocycles. The Morgan fingerprint density at radius 2 is 1.23 bits per heavy atom. The molecule has 140 valence electrons. The van der Waals surface area contributed by atoms with Gasteiger partial charge in [-0.1, -0.05) is 23.2 Å². The van der Waals surface area contributed by atoms with Gasteiger partial charge in [0, 0.05) is 22.9 Å². The predicted octanol–water partition coefficient (Wildman–Crippen LogP) is 4.37. The van der Waals surface area contributed by atoms with Crippen molar-refractivity contribution in [1.29, 1.82) is 0 Å². The highest BCUT2D eigenvalue weighted by Gasteiger charge is 2.10. The summed E-state index contributed by atoms with van der Waals surface area (Å²) in [4.78, 5) is 11.6. The third-order valence-corrected chi connectivity index (χ3v) is 4.22. The fraction of sp³-hybridized carbons (Fsp3) is 0.235. The average molecular weight is 405 g/mol. The molecule has 0 aromatic heterocycles. The minimum Gasteiger partial charge on any atom is -0.434 e. The molecule has 0 amide bonds. The van der Waals surface area contributed by atoms with Crippen LogP contribution in [0.25, 0.3) is 0 Å². The van der Waals surface area contributed by atoms with E-state index in [9.17, 15) is 13.6 Å². The van der Waals surface area contributed by atoms with Crippen molar-refractivity contribution in [3.8, 4) is 0 Å². The van der Waals surface area contributed by atoms with Crippen molar-refractivity contribution in [2.24, 2.45) is 0 Å². The molecule has 26 heavy (non-hydrogen) atoms. The van der Waals surface area contributed by atoms with E-state index in [0.717, 1.165) is 12.1 Å². The summed E-state index contributed by atoms with van der Waals surface area (Å²) in [7, 11) is 0. The largest absolute Gasteiger partial charge is 0.508 e. The van der Waals surface area contributed by atoms with Gasteiger partial charge in [-0.3, -0.25) is 0 Å². The number of ether oxygens (including phenoxy) is 2. The molecule has 2 aromatic rings. The van der Waals surface area contributed by atoms with E-state index in [2.05, 4.69) is 0 Å². The smallest absolute Gasteiger partial charge is 0.434 e. The second kappa shape index (κ2) is 8.91. The van der Waals surface area contributed by atoms with Crippen LogP contribution < -0.4 is 11.5 Å². The summed E-state index contributed by atoms with van der Waals surface area (Å²) in [5.74, 6) is -1.22. The number of rotatable bonds is 6. The number of anilines is 2. The standard InChI is InChI=1S/C17H16Cl2F2N2O3/c18-11-7-13(20)15(22)5-9(11)1-3-25-17(24)26-4-2-10-6-16(23)14(21)8-12(10)19/h5-8H,1-4,22-23H2. The Morgan fingerprint density at radius 1 is 0.846 bits per heavy atom. The number of nitrogen functional groups attached to an aromatic ring is 2. The molecule has 0 atom stereocenters. The number of carbonyl (C=O) groups excluding carboxylic acids is 1. The SMILES string of the molecule is Nc1cc(CCOC(=O)OCCc2cc(N)c(F)cc2Cl)c(Cl)cc1F. The highest BCUT2D eigenvalue weighted by Crippen LogP contribution is 2.23. The first-order valence-electron chi connectivity index (χ1n) is 7.54. The summed E-state index contributed by atoms with van der Waals surface area (Å²) in [5.41, 5.74) is 11.9. The molecular formula is C17H16Cl2F2N2O3. The highest BCUT2D eigenvalue weighted by atomic mass is 35.5. The van der Waals surface area contributed by atoms with Crippen LogP contribution in [0.3, 0.4) is 0 Å². The first kappa shape index (κ1) is 20.1. The third kappa shape index (κ3) is 5.37. The lowest BCUT2D eigenvalue weighted by Gasteiger charge is -2.09. The molecule has 2 aromatic carbocycles. The fourth-order valence-corrected chi connectivity index (χ4v) is 2.63. The zero-order valence-electron chi connectivity index (χ0n) is 13.5. The minimum atomic E-state index is -0.887. The van der Waals surface area contributed by atoms with E-state index in [1.54, 1.807) is 0 Å². The molecule has 0 fully saturated rings. The normalized spacial score (nSPS) is 10.6. The van der Waals surface area contributed by atoms with Crippen LogP contribution in [-0.4, -0.2) is 19.4 Å². The van der Waals surface area contributed by atoms with Crippen molar-refractivity contribution in [1.82, 2.24) is 0 Å². The van der Waals surface area contributed by atoms with Crippen molar-refractivity contribution >= 4 is 40.7 Å². The second-order valence-corrected chi connectivity index (χ2v) is 6.19. The molecule has 0 aliphatic carbocycles. The van der Waals surface area contributed by atoms with Crippen LogP contribution in [0.15, 0.2) is 24.3 Å². The second-order valence-electron chi connectivity index (χ2n) is 5.38.